The number of fused-ring (bicyclic) bond motifs is 1. The molecule has 0 bridgehead atoms. The van der Waals surface area contributed by atoms with Crippen LogP contribution in [0.1, 0.15) is 23.2 Å². The predicted molar refractivity (Wildman–Crippen MR) is 93.3 cm³/mol. The second-order valence-corrected chi connectivity index (χ2v) is 5.93. The number of pyridine rings is 1. The van der Waals surface area contributed by atoms with Gasteiger partial charge >= 0.3 is 0 Å². The monoisotopic (exact) mass is 353 g/mol. The molecule has 1 atom stereocenters. The highest BCUT2D eigenvalue weighted by Gasteiger charge is 2.30. The Bertz CT molecular complexity index is 913. The molecule has 1 unspecified atom stereocenters. The Morgan fingerprint density at radius 3 is 2.65 bits per heavy atom. The fourth-order valence-electron chi connectivity index (χ4n) is 3.12. The Labute approximate surface area is 150 Å². The molecule has 0 saturated carbocycles. The number of rotatable bonds is 4. The zero-order chi connectivity index (χ0) is 18.1. The van der Waals surface area contributed by atoms with Crippen molar-refractivity contribution in [1.29, 1.82) is 0 Å². The van der Waals surface area contributed by atoms with Crippen LogP contribution in [-0.2, 0) is 11.2 Å². The van der Waals surface area contributed by atoms with E-state index in [1.807, 2.05) is 19.1 Å². The normalized spacial score (nSPS) is 16.4. The van der Waals surface area contributed by atoms with Crippen molar-refractivity contribution in [2.75, 3.05) is 25.7 Å². The highest BCUT2D eigenvalue weighted by molar-refractivity contribution is 5.49. The Hall–Kier alpha value is -3.07. The molecule has 0 fully saturated rings. The van der Waals surface area contributed by atoms with Crippen molar-refractivity contribution in [2.24, 2.45) is 0 Å². The summed E-state index contributed by atoms with van der Waals surface area (Å²) in [5.41, 5.74) is 2.73. The third-order valence-electron chi connectivity index (χ3n) is 4.29. The Morgan fingerprint density at radius 1 is 1.12 bits per heavy atom. The summed E-state index contributed by atoms with van der Waals surface area (Å²) in [6.07, 6.45) is 5.38. The molecule has 0 amide bonds. The molecule has 26 heavy (non-hydrogen) atoms. The number of ether oxygens (including phenoxy) is 2. The molecule has 3 aromatic heterocycles. The van der Waals surface area contributed by atoms with Crippen LogP contribution >= 0.6 is 0 Å². The molecular weight excluding hydrogens is 334 g/mol. The first-order chi connectivity index (χ1) is 12.7. The molecule has 9 nitrogen and oxygen atoms in total. The van der Waals surface area contributed by atoms with Gasteiger partial charge in [-0.05, 0) is 6.92 Å². The first-order valence-electron chi connectivity index (χ1n) is 8.24. The first kappa shape index (κ1) is 16.4. The number of nitrogens with zero attached hydrogens (tertiary/aromatic N) is 7. The van der Waals surface area contributed by atoms with Gasteiger partial charge in [0.15, 0.2) is 6.23 Å². The van der Waals surface area contributed by atoms with E-state index in [1.165, 1.54) is 4.80 Å². The maximum absolute atomic E-state index is 5.76. The summed E-state index contributed by atoms with van der Waals surface area (Å²) in [7, 11) is 3.32. The van der Waals surface area contributed by atoms with E-state index in [0.29, 0.717) is 12.5 Å². The minimum absolute atomic E-state index is 0.322. The summed E-state index contributed by atoms with van der Waals surface area (Å²) in [4.78, 5) is 17.1. The molecule has 134 valence electrons. The lowest BCUT2D eigenvalue weighted by molar-refractivity contribution is 0.0926. The van der Waals surface area contributed by atoms with Gasteiger partial charge in [0.1, 0.15) is 11.6 Å². The highest BCUT2D eigenvalue weighted by atomic mass is 16.5. The van der Waals surface area contributed by atoms with E-state index in [1.54, 1.807) is 32.8 Å². The lowest BCUT2D eigenvalue weighted by atomic mass is 10.1. The predicted octanol–water partition coefficient (Wildman–Crippen LogP) is 1.48. The third kappa shape index (κ3) is 2.86. The van der Waals surface area contributed by atoms with Crippen LogP contribution in [0.4, 0.5) is 5.82 Å². The summed E-state index contributed by atoms with van der Waals surface area (Å²) >= 11 is 0. The van der Waals surface area contributed by atoms with Gasteiger partial charge in [-0.25, -0.2) is 15.0 Å². The zero-order valence-corrected chi connectivity index (χ0v) is 14.8. The van der Waals surface area contributed by atoms with Crippen molar-refractivity contribution in [3.05, 3.63) is 47.7 Å². The molecule has 1 aliphatic rings. The lowest BCUT2D eigenvalue weighted by Gasteiger charge is -2.36. The van der Waals surface area contributed by atoms with Gasteiger partial charge in [-0.15, -0.1) is 4.80 Å². The third-order valence-corrected chi connectivity index (χ3v) is 4.29. The fourth-order valence-corrected chi connectivity index (χ4v) is 3.12. The topological polar surface area (TPSA) is 91.1 Å². The number of hydrogen-bond acceptors (Lipinski definition) is 8. The number of aromatic nitrogens is 6. The van der Waals surface area contributed by atoms with Crippen LogP contribution in [0.5, 0.6) is 5.75 Å². The van der Waals surface area contributed by atoms with Gasteiger partial charge in [0.05, 0.1) is 25.2 Å². The van der Waals surface area contributed by atoms with Gasteiger partial charge in [-0.1, -0.05) is 0 Å². The van der Waals surface area contributed by atoms with Crippen LogP contribution in [0, 0.1) is 6.92 Å². The standard InChI is InChI=1S/C17H19N7O2/c1-11-8-12(25-2)9-15(21-11)23-7-4-14-13(16(23)26-3)10-18-17(22-14)24-19-5-6-20-24/h5-6,8-10,16H,4,7H2,1-3H3. The molecule has 0 radical (unpaired) electrons. The minimum atomic E-state index is -0.322. The van der Waals surface area contributed by atoms with E-state index in [-0.39, 0.29) is 6.23 Å². The summed E-state index contributed by atoms with van der Waals surface area (Å²) in [5.74, 6) is 2.02. The average molecular weight is 353 g/mol. The summed E-state index contributed by atoms with van der Waals surface area (Å²) in [5, 5.41) is 8.16. The smallest absolute Gasteiger partial charge is 0.268 e. The van der Waals surface area contributed by atoms with Crippen molar-refractivity contribution in [1.82, 2.24) is 29.9 Å². The van der Waals surface area contributed by atoms with E-state index in [9.17, 15) is 0 Å². The summed E-state index contributed by atoms with van der Waals surface area (Å²) < 4.78 is 11.1. The van der Waals surface area contributed by atoms with Gasteiger partial charge in [0.2, 0.25) is 0 Å². The molecule has 0 aromatic carbocycles. The quantitative estimate of drug-likeness (QED) is 0.696. The van der Waals surface area contributed by atoms with E-state index >= 15 is 0 Å². The van der Waals surface area contributed by atoms with Crippen LogP contribution < -0.4 is 9.64 Å². The Morgan fingerprint density at radius 2 is 1.92 bits per heavy atom. The molecule has 0 saturated heterocycles. The molecule has 9 heteroatoms. The molecule has 4 rings (SSSR count). The SMILES string of the molecule is COc1cc(C)nc(N2CCc3nc(-n4nccn4)ncc3C2OC)c1. The molecule has 4 heterocycles. The highest BCUT2D eigenvalue weighted by Crippen LogP contribution is 2.34. The maximum atomic E-state index is 5.76. The van der Waals surface area contributed by atoms with Gasteiger partial charge in [0, 0.05) is 49.7 Å². The molecule has 0 N–H and O–H groups in total. The Kier molecular flexibility index (Phi) is 4.21. The first-order valence-corrected chi connectivity index (χ1v) is 8.24. The van der Waals surface area contributed by atoms with Crippen LogP contribution in [-0.4, -0.2) is 50.7 Å². The summed E-state index contributed by atoms with van der Waals surface area (Å²) in [6, 6.07) is 3.81. The van der Waals surface area contributed by atoms with Crippen molar-refractivity contribution >= 4 is 5.82 Å². The Balaban J connectivity index is 1.71. The van der Waals surface area contributed by atoms with Crippen molar-refractivity contribution < 1.29 is 9.47 Å². The van der Waals surface area contributed by atoms with E-state index < -0.39 is 0 Å². The largest absolute Gasteiger partial charge is 0.497 e. The molecule has 0 aliphatic carbocycles. The number of methoxy groups -OCH3 is 2. The fraction of sp³-hybridized carbons (Fsp3) is 0.353. The van der Waals surface area contributed by atoms with Crippen molar-refractivity contribution in [2.45, 2.75) is 19.6 Å². The van der Waals surface area contributed by atoms with E-state index in [4.69, 9.17) is 9.47 Å². The van der Waals surface area contributed by atoms with E-state index in [0.717, 1.165) is 34.9 Å². The lowest BCUT2D eigenvalue weighted by Crippen LogP contribution is -2.38. The minimum Gasteiger partial charge on any atom is -0.497 e. The molecule has 1 aliphatic heterocycles. The number of hydrogen-bond donors (Lipinski definition) is 0. The zero-order valence-electron chi connectivity index (χ0n) is 14.8. The molecular formula is C17H19N7O2. The van der Waals surface area contributed by atoms with Crippen molar-refractivity contribution in [3.8, 4) is 11.7 Å². The second kappa shape index (κ2) is 6.68. The van der Waals surface area contributed by atoms with Crippen LogP contribution in [0.2, 0.25) is 0 Å². The second-order valence-electron chi connectivity index (χ2n) is 5.93. The van der Waals surface area contributed by atoms with Gasteiger partial charge in [-0.2, -0.15) is 10.2 Å². The van der Waals surface area contributed by atoms with Crippen LogP contribution in [0.15, 0.2) is 30.7 Å². The van der Waals surface area contributed by atoms with Crippen LogP contribution in [0.25, 0.3) is 5.95 Å². The molecule has 0 spiro atoms. The molecule has 3 aromatic rings. The average Bonchev–Trinajstić information content (AvgIpc) is 3.20. The number of aryl methyl sites for hydroxylation is 1. The maximum Gasteiger partial charge on any atom is 0.268 e. The van der Waals surface area contributed by atoms with Gasteiger partial charge in [0.25, 0.3) is 5.95 Å². The van der Waals surface area contributed by atoms with Gasteiger partial charge < -0.3 is 14.4 Å². The summed E-state index contributed by atoms with van der Waals surface area (Å²) in [6.45, 7) is 2.66. The van der Waals surface area contributed by atoms with Gasteiger partial charge in [-0.3, -0.25) is 0 Å². The van der Waals surface area contributed by atoms with Crippen LogP contribution in [0.3, 0.4) is 0 Å². The number of anilines is 1. The van der Waals surface area contributed by atoms with Crippen molar-refractivity contribution in [3.63, 3.8) is 0 Å². The van der Waals surface area contributed by atoms with E-state index in [2.05, 4.69) is 30.0 Å².